The zero-order chi connectivity index (χ0) is 34.5. The lowest BCUT2D eigenvalue weighted by Crippen LogP contribution is -2.44. The predicted molar refractivity (Wildman–Crippen MR) is 188 cm³/mol. The lowest BCUT2D eigenvalue weighted by molar-refractivity contribution is -0.139. The normalized spacial score (nSPS) is 17.6. The summed E-state index contributed by atoms with van der Waals surface area (Å²) in [5, 5.41) is 21.8. The Kier molecular flexibility index (Phi) is 9.94. The quantitative estimate of drug-likeness (QED) is 0.191. The van der Waals surface area contributed by atoms with Crippen LogP contribution in [0, 0.1) is 5.92 Å². The number of para-hydroxylation sites is 1. The Hall–Kier alpha value is -5.25. The van der Waals surface area contributed by atoms with Gasteiger partial charge in [0.2, 0.25) is 11.8 Å². The zero-order valence-electron chi connectivity index (χ0n) is 27.8. The first-order valence-electron chi connectivity index (χ1n) is 16.6. The third-order valence-corrected chi connectivity index (χ3v) is 9.39. The lowest BCUT2D eigenvalue weighted by Gasteiger charge is -2.30. The van der Waals surface area contributed by atoms with Crippen molar-refractivity contribution in [3.05, 3.63) is 131 Å². The van der Waals surface area contributed by atoms with Crippen LogP contribution in [0.1, 0.15) is 42.0 Å². The Bertz CT molecular complexity index is 1880. The maximum atomic E-state index is 14.3. The van der Waals surface area contributed by atoms with Crippen LogP contribution in [-0.2, 0) is 39.5 Å². The van der Waals surface area contributed by atoms with E-state index in [4.69, 9.17) is 4.74 Å². The first kappa shape index (κ1) is 33.6. The fourth-order valence-electron chi connectivity index (χ4n) is 6.76. The van der Waals surface area contributed by atoms with Gasteiger partial charge in [0.15, 0.2) is 5.60 Å². The Labute approximate surface area is 286 Å². The second kappa shape index (κ2) is 14.5. The topological polar surface area (TPSA) is 111 Å². The standard InChI is InChI=1S/C40H41N3O6/c1-28(10-8-17-37(45)41(22-23-44)26-29-11-4-3-5-12-29)40(48)34-25-33(49-2)19-20-36(34)42(39(40)47)27-30-13-9-15-32(24-30)43-35-16-7-6-14-31(35)18-21-38(43)46/h3-16,19-20,24-25,28,44,48H,17-18,21-23,26-27H2,1-2H3/b10-8+/t28-,40+/m1/s1. The van der Waals surface area contributed by atoms with Gasteiger partial charge in [-0.25, -0.2) is 0 Å². The number of ether oxygens (including phenoxy) is 1. The molecule has 2 aliphatic heterocycles. The Balaban J connectivity index is 1.24. The second-order valence-electron chi connectivity index (χ2n) is 12.5. The van der Waals surface area contributed by atoms with Gasteiger partial charge in [-0.1, -0.05) is 79.7 Å². The molecule has 0 aromatic heterocycles. The minimum absolute atomic E-state index is 0.0126. The molecule has 3 amide bonds. The number of carbonyl (C=O) groups excluding carboxylic acids is 3. The van der Waals surface area contributed by atoms with E-state index in [1.807, 2.05) is 78.9 Å². The van der Waals surface area contributed by atoms with E-state index in [2.05, 4.69) is 0 Å². The molecule has 9 heteroatoms. The average Bonchev–Trinajstić information content (AvgIpc) is 3.33. The van der Waals surface area contributed by atoms with Crippen molar-refractivity contribution in [2.75, 3.05) is 30.1 Å². The number of aryl methyl sites for hydroxylation is 1. The van der Waals surface area contributed by atoms with Gasteiger partial charge in [-0.2, -0.15) is 0 Å². The number of rotatable bonds is 12. The molecule has 9 nitrogen and oxygen atoms in total. The van der Waals surface area contributed by atoms with E-state index in [1.165, 1.54) is 7.11 Å². The van der Waals surface area contributed by atoms with Crippen molar-refractivity contribution >= 4 is 34.8 Å². The third-order valence-electron chi connectivity index (χ3n) is 9.39. The van der Waals surface area contributed by atoms with Gasteiger partial charge in [0.1, 0.15) is 5.75 Å². The Morgan fingerprint density at radius 2 is 1.69 bits per heavy atom. The number of nitrogens with zero attached hydrogens (tertiary/aromatic N) is 3. The summed E-state index contributed by atoms with van der Waals surface area (Å²) in [5.41, 5.74) is 3.50. The molecule has 0 spiro atoms. The van der Waals surface area contributed by atoms with Gasteiger partial charge in [-0.3, -0.25) is 19.3 Å². The monoisotopic (exact) mass is 659 g/mol. The van der Waals surface area contributed by atoms with Crippen molar-refractivity contribution in [1.29, 1.82) is 0 Å². The van der Waals surface area contributed by atoms with Crippen LogP contribution in [-0.4, -0.2) is 53.1 Å². The van der Waals surface area contributed by atoms with Crippen LogP contribution in [0.5, 0.6) is 5.75 Å². The van der Waals surface area contributed by atoms with E-state index >= 15 is 0 Å². The minimum atomic E-state index is -1.92. The third kappa shape index (κ3) is 6.72. The Morgan fingerprint density at radius 3 is 2.47 bits per heavy atom. The summed E-state index contributed by atoms with van der Waals surface area (Å²) in [4.78, 5) is 45.4. The van der Waals surface area contributed by atoms with Crippen molar-refractivity contribution in [1.82, 2.24) is 4.90 Å². The number of amides is 3. The number of carbonyl (C=O) groups is 3. The van der Waals surface area contributed by atoms with Crippen molar-refractivity contribution in [2.24, 2.45) is 5.92 Å². The zero-order valence-corrected chi connectivity index (χ0v) is 27.8. The number of aliphatic hydroxyl groups is 2. The first-order chi connectivity index (χ1) is 23.7. The molecule has 252 valence electrons. The molecule has 0 saturated heterocycles. The van der Waals surface area contributed by atoms with E-state index in [0.29, 0.717) is 36.4 Å². The first-order valence-corrected chi connectivity index (χ1v) is 16.6. The SMILES string of the molecule is COc1ccc2c(c1)[C@@](O)([C@H](C)/C=C/CC(=O)N(CCO)Cc1ccccc1)C(=O)N2Cc1cccc(N2C(=O)CCc3ccccc32)c1. The maximum absolute atomic E-state index is 14.3. The molecule has 6 rings (SSSR count). The number of methoxy groups -OCH3 is 1. The van der Waals surface area contributed by atoms with E-state index in [9.17, 15) is 24.6 Å². The highest BCUT2D eigenvalue weighted by molar-refractivity contribution is 6.07. The van der Waals surface area contributed by atoms with Gasteiger partial charge >= 0.3 is 0 Å². The molecule has 4 aromatic rings. The van der Waals surface area contributed by atoms with E-state index in [-0.39, 0.29) is 37.9 Å². The maximum Gasteiger partial charge on any atom is 0.264 e. The molecule has 0 bridgehead atoms. The van der Waals surface area contributed by atoms with Crippen LogP contribution in [0.3, 0.4) is 0 Å². The smallest absolute Gasteiger partial charge is 0.264 e. The fourth-order valence-corrected chi connectivity index (χ4v) is 6.76. The van der Waals surface area contributed by atoms with Crippen LogP contribution >= 0.6 is 0 Å². The van der Waals surface area contributed by atoms with Crippen molar-refractivity contribution in [3.8, 4) is 5.75 Å². The van der Waals surface area contributed by atoms with Gasteiger partial charge in [-0.05, 0) is 59.5 Å². The highest BCUT2D eigenvalue weighted by Crippen LogP contribution is 2.47. The number of hydrogen-bond acceptors (Lipinski definition) is 6. The fraction of sp³-hybridized carbons (Fsp3) is 0.275. The molecule has 0 saturated carbocycles. The van der Waals surface area contributed by atoms with Crippen molar-refractivity contribution < 1.29 is 29.3 Å². The number of benzene rings is 4. The van der Waals surface area contributed by atoms with Gasteiger partial charge in [-0.15, -0.1) is 0 Å². The number of anilines is 3. The van der Waals surface area contributed by atoms with Gasteiger partial charge < -0.3 is 24.7 Å². The molecule has 2 N–H and O–H groups in total. The van der Waals surface area contributed by atoms with Gasteiger partial charge in [0.25, 0.3) is 5.91 Å². The summed E-state index contributed by atoms with van der Waals surface area (Å²) in [6.45, 7) is 2.32. The highest BCUT2D eigenvalue weighted by atomic mass is 16.5. The summed E-state index contributed by atoms with van der Waals surface area (Å²) >= 11 is 0. The molecule has 2 atom stereocenters. The lowest BCUT2D eigenvalue weighted by atomic mass is 9.83. The van der Waals surface area contributed by atoms with E-state index < -0.39 is 17.4 Å². The molecule has 2 heterocycles. The molecule has 4 aromatic carbocycles. The van der Waals surface area contributed by atoms with E-state index in [1.54, 1.807) is 52.0 Å². The number of fused-ring (bicyclic) bond motifs is 2. The number of hydrogen-bond donors (Lipinski definition) is 2. The minimum Gasteiger partial charge on any atom is -0.497 e. The average molecular weight is 660 g/mol. The molecular formula is C40H41N3O6. The van der Waals surface area contributed by atoms with Crippen LogP contribution in [0.15, 0.2) is 109 Å². The molecule has 0 aliphatic carbocycles. The summed E-state index contributed by atoms with van der Waals surface area (Å²) in [5.74, 6) is -0.848. The summed E-state index contributed by atoms with van der Waals surface area (Å²) < 4.78 is 5.47. The largest absolute Gasteiger partial charge is 0.497 e. The second-order valence-corrected chi connectivity index (χ2v) is 12.5. The summed E-state index contributed by atoms with van der Waals surface area (Å²) in [6, 6.07) is 30.2. The van der Waals surface area contributed by atoms with Gasteiger partial charge in [0, 0.05) is 43.1 Å². The Morgan fingerprint density at radius 1 is 0.939 bits per heavy atom. The van der Waals surface area contributed by atoms with E-state index in [0.717, 1.165) is 28.1 Å². The van der Waals surface area contributed by atoms with Crippen LogP contribution < -0.4 is 14.5 Å². The molecule has 0 unspecified atom stereocenters. The molecule has 0 radical (unpaired) electrons. The molecule has 49 heavy (non-hydrogen) atoms. The van der Waals surface area contributed by atoms with Crippen molar-refractivity contribution in [3.63, 3.8) is 0 Å². The summed E-state index contributed by atoms with van der Waals surface area (Å²) in [6.07, 6.45) is 4.52. The van der Waals surface area contributed by atoms with Gasteiger partial charge in [0.05, 0.1) is 31.6 Å². The summed E-state index contributed by atoms with van der Waals surface area (Å²) in [7, 11) is 1.53. The number of aliphatic hydroxyl groups excluding tert-OH is 1. The van der Waals surface area contributed by atoms with Crippen LogP contribution in [0.2, 0.25) is 0 Å². The van der Waals surface area contributed by atoms with Crippen LogP contribution in [0.25, 0.3) is 0 Å². The highest BCUT2D eigenvalue weighted by Gasteiger charge is 2.52. The van der Waals surface area contributed by atoms with Crippen LogP contribution in [0.4, 0.5) is 17.1 Å². The van der Waals surface area contributed by atoms with Crippen molar-refractivity contribution in [2.45, 2.75) is 44.9 Å². The molecular weight excluding hydrogens is 618 g/mol. The molecule has 2 aliphatic rings. The molecule has 0 fully saturated rings. The predicted octanol–water partition coefficient (Wildman–Crippen LogP) is 5.64.